The van der Waals surface area contributed by atoms with Gasteiger partial charge >= 0.3 is 0 Å². The third-order valence-electron chi connectivity index (χ3n) is 6.61. The van der Waals surface area contributed by atoms with E-state index in [9.17, 15) is 0 Å². The van der Waals surface area contributed by atoms with Crippen molar-refractivity contribution in [1.82, 2.24) is 0 Å². The molecule has 6 atom stereocenters. The van der Waals surface area contributed by atoms with Crippen LogP contribution >= 0.6 is 0 Å². The van der Waals surface area contributed by atoms with Crippen molar-refractivity contribution in [2.24, 2.45) is 11.3 Å². The molecule has 29 heavy (non-hydrogen) atoms. The standard InChI is InChI=1S/C25H28O4/c1-26-24-22(27-16-18-9-4-2-5-10-18)23(28-17-19-11-6-3-7-12-19)25-15-20(25)13-8-14-21(25)29-24/h2-13,20-24H,14-17H2,1H3/t20-,21+,22+,23+,24-,25+/m0/s1. The SMILES string of the molecule is CO[C@H]1O[C@@H]2CC=C[C@H]3C[C@@]32[C@H](OCc2ccccc2)[C@H]1OCc1ccccc1. The Bertz CT molecular complexity index is 836. The summed E-state index contributed by atoms with van der Waals surface area (Å²) in [6.45, 7) is 1.08. The Morgan fingerprint density at radius 2 is 1.59 bits per heavy atom. The molecule has 2 fully saturated rings. The van der Waals surface area contributed by atoms with Gasteiger partial charge in [-0.2, -0.15) is 0 Å². The summed E-state index contributed by atoms with van der Waals surface area (Å²) in [5, 5.41) is 0. The molecule has 0 amide bonds. The minimum Gasteiger partial charge on any atom is -0.370 e. The molecule has 1 aliphatic heterocycles. The lowest BCUT2D eigenvalue weighted by Gasteiger charge is -2.48. The van der Waals surface area contributed by atoms with Crippen molar-refractivity contribution in [2.45, 2.75) is 50.7 Å². The fourth-order valence-corrected chi connectivity index (χ4v) is 5.04. The van der Waals surface area contributed by atoms with Crippen molar-refractivity contribution in [1.29, 1.82) is 0 Å². The normalized spacial score (nSPS) is 35.0. The van der Waals surface area contributed by atoms with Crippen LogP contribution in [0.5, 0.6) is 0 Å². The van der Waals surface area contributed by atoms with Gasteiger partial charge in [0, 0.05) is 12.5 Å². The molecule has 2 aromatic carbocycles. The first-order chi connectivity index (χ1) is 14.3. The Hall–Kier alpha value is -1.98. The van der Waals surface area contributed by atoms with E-state index in [-0.39, 0.29) is 23.7 Å². The van der Waals surface area contributed by atoms with E-state index in [1.165, 1.54) is 5.56 Å². The molecule has 2 aromatic rings. The lowest BCUT2D eigenvalue weighted by Crippen LogP contribution is -2.59. The average molecular weight is 392 g/mol. The first-order valence-corrected chi connectivity index (χ1v) is 10.5. The van der Waals surface area contributed by atoms with Crippen LogP contribution in [0, 0.1) is 11.3 Å². The number of ether oxygens (including phenoxy) is 4. The second-order valence-corrected chi connectivity index (χ2v) is 8.29. The topological polar surface area (TPSA) is 36.9 Å². The quantitative estimate of drug-likeness (QED) is 0.651. The summed E-state index contributed by atoms with van der Waals surface area (Å²) in [6.07, 6.45) is 5.94. The maximum Gasteiger partial charge on any atom is 0.186 e. The molecule has 4 heteroatoms. The third kappa shape index (κ3) is 3.55. The van der Waals surface area contributed by atoms with Crippen LogP contribution in [-0.4, -0.2) is 31.7 Å². The predicted molar refractivity (Wildman–Crippen MR) is 110 cm³/mol. The molecule has 1 spiro atoms. The van der Waals surface area contributed by atoms with E-state index < -0.39 is 6.29 Å². The smallest absolute Gasteiger partial charge is 0.186 e. The Labute approximate surface area is 172 Å². The molecule has 3 aliphatic rings. The van der Waals surface area contributed by atoms with Crippen LogP contribution in [0.25, 0.3) is 0 Å². The summed E-state index contributed by atoms with van der Waals surface area (Å²) in [5.41, 5.74) is 2.31. The van der Waals surface area contributed by atoms with Gasteiger partial charge in [0.15, 0.2) is 6.29 Å². The molecule has 1 saturated carbocycles. The summed E-state index contributed by atoms with van der Waals surface area (Å²) in [6, 6.07) is 20.6. The van der Waals surface area contributed by atoms with Gasteiger partial charge in [-0.05, 0) is 29.9 Å². The molecule has 152 valence electrons. The third-order valence-corrected chi connectivity index (χ3v) is 6.61. The van der Waals surface area contributed by atoms with Gasteiger partial charge in [-0.1, -0.05) is 72.8 Å². The van der Waals surface area contributed by atoms with Gasteiger partial charge in [0.25, 0.3) is 0 Å². The zero-order chi connectivity index (χ0) is 19.7. The molecule has 0 aromatic heterocycles. The summed E-state index contributed by atoms with van der Waals surface area (Å²) in [4.78, 5) is 0. The highest BCUT2D eigenvalue weighted by atomic mass is 16.7. The number of hydrogen-bond acceptors (Lipinski definition) is 4. The fraction of sp³-hybridized carbons (Fsp3) is 0.440. The van der Waals surface area contributed by atoms with Gasteiger partial charge in [0.1, 0.15) is 6.10 Å². The first-order valence-electron chi connectivity index (χ1n) is 10.5. The second-order valence-electron chi connectivity index (χ2n) is 8.29. The van der Waals surface area contributed by atoms with Gasteiger partial charge < -0.3 is 18.9 Å². The number of allylic oxidation sites excluding steroid dienone is 1. The summed E-state index contributed by atoms with van der Waals surface area (Å²) in [5.74, 6) is 0.502. The first kappa shape index (κ1) is 19.0. The molecule has 1 saturated heterocycles. The van der Waals surface area contributed by atoms with Crippen LogP contribution < -0.4 is 0 Å². The number of benzene rings is 2. The summed E-state index contributed by atoms with van der Waals surface area (Å²) < 4.78 is 25.1. The van der Waals surface area contributed by atoms with Crippen LogP contribution in [0.1, 0.15) is 24.0 Å². The van der Waals surface area contributed by atoms with Gasteiger partial charge in [-0.3, -0.25) is 0 Å². The van der Waals surface area contributed by atoms with Gasteiger partial charge in [-0.25, -0.2) is 0 Å². The highest BCUT2D eigenvalue weighted by Crippen LogP contribution is 2.65. The van der Waals surface area contributed by atoms with Crippen LogP contribution in [0.2, 0.25) is 0 Å². The van der Waals surface area contributed by atoms with E-state index in [1.54, 1.807) is 7.11 Å². The highest BCUT2D eigenvalue weighted by molar-refractivity contribution is 5.26. The Morgan fingerprint density at radius 3 is 2.24 bits per heavy atom. The molecule has 0 bridgehead atoms. The minimum atomic E-state index is -0.428. The van der Waals surface area contributed by atoms with E-state index in [0.717, 1.165) is 18.4 Å². The Morgan fingerprint density at radius 1 is 0.931 bits per heavy atom. The minimum absolute atomic E-state index is 0.0000844. The Kier molecular flexibility index (Phi) is 5.27. The molecule has 1 heterocycles. The fourth-order valence-electron chi connectivity index (χ4n) is 5.04. The molecule has 0 radical (unpaired) electrons. The van der Waals surface area contributed by atoms with Gasteiger partial charge in [0.05, 0.1) is 25.4 Å². The zero-order valence-electron chi connectivity index (χ0n) is 16.8. The van der Waals surface area contributed by atoms with Gasteiger partial charge in [-0.15, -0.1) is 0 Å². The van der Waals surface area contributed by atoms with Crippen molar-refractivity contribution >= 4 is 0 Å². The molecule has 5 rings (SSSR count). The molecular weight excluding hydrogens is 364 g/mol. The maximum atomic E-state index is 6.60. The number of methoxy groups -OCH3 is 1. The Balaban J connectivity index is 1.40. The van der Waals surface area contributed by atoms with Crippen molar-refractivity contribution in [3.05, 3.63) is 83.9 Å². The van der Waals surface area contributed by atoms with Crippen LogP contribution in [-0.2, 0) is 32.2 Å². The van der Waals surface area contributed by atoms with E-state index in [1.807, 2.05) is 36.4 Å². The number of hydrogen-bond donors (Lipinski definition) is 0. The summed E-state index contributed by atoms with van der Waals surface area (Å²) in [7, 11) is 1.69. The van der Waals surface area contributed by atoms with E-state index in [0.29, 0.717) is 19.1 Å². The molecular formula is C25H28O4. The highest BCUT2D eigenvalue weighted by Gasteiger charge is 2.70. The van der Waals surface area contributed by atoms with Gasteiger partial charge in [0.2, 0.25) is 0 Å². The number of rotatable bonds is 7. The average Bonchev–Trinajstić information content (AvgIpc) is 3.52. The van der Waals surface area contributed by atoms with E-state index in [2.05, 4.69) is 36.4 Å². The predicted octanol–water partition coefficient (Wildman–Crippen LogP) is 4.49. The second kappa shape index (κ2) is 8.04. The van der Waals surface area contributed by atoms with Crippen LogP contribution in [0.4, 0.5) is 0 Å². The molecule has 2 aliphatic carbocycles. The van der Waals surface area contributed by atoms with Crippen molar-refractivity contribution in [2.75, 3.05) is 7.11 Å². The lowest BCUT2D eigenvalue weighted by molar-refractivity contribution is -0.308. The van der Waals surface area contributed by atoms with E-state index in [4.69, 9.17) is 18.9 Å². The van der Waals surface area contributed by atoms with Crippen LogP contribution in [0.3, 0.4) is 0 Å². The van der Waals surface area contributed by atoms with Crippen molar-refractivity contribution < 1.29 is 18.9 Å². The molecule has 0 N–H and O–H groups in total. The molecule has 0 unspecified atom stereocenters. The monoisotopic (exact) mass is 392 g/mol. The summed E-state index contributed by atoms with van der Waals surface area (Å²) >= 11 is 0. The maximum absolute atomic E-state index is 6.60. The van der Waals surface area contributed by atoms with Crippen LogP contribution in [0.15, 0.2) is 72.8 Å². The zero-order valence-corrected chi connectivity index (χ0v) is 16.8. The lowest BCUT2D eigenvalue weighted by atomic mass is 9.79. The van der Waals surface area contributed by atoms with Crippen molar-refractivity contribution in [3.8, 4) is 0 Å². The largest absolute Gasteiger partial charge is 0.370 e. The van der Waals surface area contributed by atoms with E-state index >= 15 is 0 Å². The van der Waals surface area contributed by atoms with Crippen molar-refractivity contribution in [3.63, 3.8) is 0 Å². The molecule has 4 nitrogen and oxygen atoms in total.